The van der Waals surface area contributed by atoms with Crippen molar-refractivity contribution in [2.24, 2.45) is 0 Å². The maximum atomic E-state index is 6.50. The van der Waals surface area contributed by atoms with Crippen molar-refractivity contribution in [2.75, 3.05) is 6.61 Å². The quantitative estimate of drug-likeness (QED) is 0.324. The van der Waals surface area contributed by atoms with E-state index in [4.69, 9.17) is 14.2 Å². The maximum absolute atomic E-state index is 6.50. The third-order valence-corrected chi connectivity index (χ3v) is 7.84. The molecule has 178 valence electrons. The normalized spacial score (nSPS) is 24.2. The standard InChI is InChI=1S/C30H40O3/c1-3-4-5-6-7-8-9-10-11-14-17-30(2)20-22-18-24-28(19-27(22)33-30)31-21-25-23-15-12-13-16-26(23)32-29(24)25/h12-13,15-16,18-19,25,29H,3-11,14,17,20-21H2,1-2H3/t25-,29-,30+/m0/s1. The van der Waals surface area contributed by atoms with Gasteiger partial charge in [-0.1, -0.05) is 82.9 Å². The molecule has 0 bridgehead atoms. The molecule has 3 nitrogen and oxygen atoms in total. The average Bonchev–Trinajstić information content (AvgIpc) is 3.35. The largest absolute Gasteiger partial charge is 0.492 e. The molecule has 0 fully saturated rings. The van der Waals surface area contributed by atoms with E-state index >= 15 is 0 Å². The van der Waals surface area contributed by atoms with Crippen LogP contribution in [0.2, 0.25) is 0 Å². The number of rotatable bonds is 11. The summed E-state index contributed by atoms with van der Waals surface area (Å²) in [4.78, 5) is 0. The Kier molecular flexibility index (Phi) is 6.85. The molecule has 5 rings (SSSR count). The van der Waals surface area contributed by atoms with Gasteiger partial charge in [-0.2, -0.15) is 0 Å². The fourth-order valence-electron chi connectivity index (χ4n) is 5.95. The van der Waals surface area contributed by atoms with E-state index in [0.717, 1.165) is 30.1 Å². The topological polar surface area (TPSA) is 27.7 Å². The molecular weight excluding hydrogens is 408 g/mol. The van der Waals surface area contributed by atoms with Gasteiger partial charge in [0.15, 0.2) is 0 Å². The van der Waals surface area contributed by atoms with Crippen LogP contribution in [0, 0.1) is 0 Å². The Morgan fingerprint density at radius 2 is 1.55 bits per heavy atom. The average molecular weight is 449 g/mol. The predicted molar refractivity (Wildman–Crippen MR) is 134 cm³/mol. The molecule has 3 heteroatoms. The van der Waals surface area contributed by atoms with Crippen molar-refractivity contribution >= 4 is 0 Å². The Balaban J connectivity index is 1.12. The zero-order valence-corrected chi connectivity index (χ0v) is 20.5. The minimum atomic E-state index is -0.0919. The summed E-state index contributed by atoms with van der Waals surface area (Å²) in [5, 5.41) is 0. The van der Waals surface area contributed by atoms with Crippen LogP contribution in [-0.2, 0) is 6.42 Å². The molecule has 0 saturated heterocycles. The molecule has 2 aromatic rings. The third kappa shape index (κ3) is 4.88. The van der Waals surface area contributed by atoms with Gasteiger partial charge in [-0.3, -0.25) is 0 Å². The zero-order valence-electron chi connectivity index (χ0n) is 20.5. The van der Waals surface area contributed by atoms with E-state index in [1.54, 1.807) is 0 Å². The second-order valence-corrected chi connectivity index (χ2v) is 10.7. The first-order valence-electron chi connectivity index (χ1n) is 13.4. The molecule has 0 saturated carbocycles. The summed E-state index contributed by atoms with van der Waals surface area (Å²) in [5.41, 5.74) is 3.68. The Morgan fingerprint density at radius 3 is 2.33 bits per heavy atom. The summed E-state index contributed by atoms with van der Waals surface area (Å²) in [5.74, 6) is 3.24. The number of hydrogen-bond donors (Lipinski definition) is 0. The minimum absolute atomic E-state index is 0.0604. The van der Waals surface area contributed by atoms with Crippen molar-refractivity contribution in [3.63, 3.8) is 0 Å². The molecule has 0 N–H and O–H groups in total. The number of hydrogen-bond acceptors (Lipinski definition) is 3. The van der Waals surface area contributed by atoms with Crippen molar-refractivity contribution in [1.29, 1.82) is 0 Å². The van der Waals surface area contributed by atoms with E-state index in [0.29, 0.717) is 6.61 Å². The fourth-order valence-corrected chi connectivity index (χ4v) is 5.95. The number of unbranched alkanes of at least 4 members (excludes halogenated alkanes) is 9. The van der Waals surface area contributed by atoms with E-state index in [1.807, 2.05) is 6.07 Å². The second kappa shape index (κ2) is 9.99. The monoisotopic (exact) mass is 448 g/mol. The van der Waals surface area contributed by atoms with Gasteiger partial charge in [0.25, 0.3) is 0 Å². The minimum Gasteiger partial charge on any atom is -0.492 e. The van der Waals surface area contributed by atoms with E-state index in [2.05, 4.69) is 44.2 Å². The molecule has 2 aromatic carbocycles. The lowest BCUT2D eigenvalue weighted by atomic mass is 9.87. The summed E-state index contributed by atoms with van der Waals surface area (Å²) >= 11 is 0. The molecular formula is C30H40O3. The predicted octanol–water partition coefficient (Wildman–Crippen LogP) is 8.30. The van der Waals surface area contributed by atoms with Crippen LogP contribution < -0.4 is 14.2 Å². The lowest BCUT2D eigenvalue weighted by Gasteiger charge is -2.28. The molecule has 0 spiro atoms. The SMILES string of the molecule is CCCCCCCCCCCC[C@]1(C)Cc2cc3c(cc2O1)OC[C@H]1c2ccccc2O[C@@H]31. The first-order valence-corrected chi connectivity index (χ1v) is 13.4. The van der Waals surface area contributed by atoms with Gasteiger partial charge in [0, 0.05) is 23.6 Å². The summed E-state index contributed by atoms with van der Waals surface area (Å²) in [6.07, 6.45) is 15.9. The molecule has 0 unspecified atom stereocenters. The number of fused-ring (bicyclic) bond motifs is 6. The third-order valence-electron chi connectivity index (χ3n) is 7.84. The highest BCUT2D eigenvalue weighted by molar-refractivity contribution is 5.55. The summed E-state index contributed by atoms with van der Waals surface area (Å²) in [6.45, 7) is 5.24. The van der Waals surface area contributed by atoms with Crippen LogP contribution in [0.15, 0.2) is 36.4 Å². The van der Waals surface area contributed by atoms with Crippen molar-refractivity contribution in [3.8, 4) is 17.2 Å². The first kappa shape index (κ1) is 22.6. The van der Waals surface area contributed by atoms with Crippen LogP contribution in [0.4, 0.5) is 0 Å². The van der Waals surface area contributed by atoms with Crippen LogP contribution in [-0.4, -0.2) is 12.2 Å². The van der Waals surface area contributed by atoms with Crippen LogP contribution >= 0.6 is 0 Å². The van der Waals surface area contributed by atoms with Crippen LogP contribution in [0.1, 0.15) is 113 Å². The molecule has 3 atom stereocenters. The Labute approximate surface area is 199 Å². The molecule has 0 radical (unpaired) electrons. The Morgan fingerprint density at radius 1 is 0.818 bits per heavy atom. The highest BCUT2D eigenvalue weighted by atomic mass is 16.5. The van der Waals surface area contributed by atoms with Crippen molar-refractivity contribution < 1.29 is 14.2 Å². The van der Waals surface area contributed by atoms with Gasteiger partial charge in [-0.25, -0.2) is 0 Å². The molecule has 0 aromatic heterocycles. The van der Waals surface area contributed by atoms with Gasteiger partial charge in [0.2, 0.25) is 0 Å². The summed E-state index contributed by atoms with van der Waals surface area (Å²) in [6, 6.07) is 12.8. The number of ether oxygens (including phenoxy) is 3. The maximum Gasteiger partial charge on any atom is 0.138 e. The first-order chi connectivity index (χ1) is 16.2. The zero-order chi connectivity index (χ0) is 22.7. The second-order valence-electron chi connectivity index (χ2n) is 10.7. The molecule has 3 heterocycles. The van der Waals surface area contributed by atoms with Crippen molar-refractivity contribution in [3.05, 3.63) is 53.1 Å². The lowest BCUT2D eigenvalue weighted by Crippen LogP contribution is -2.29. The van der Waals surface area contributed by atoms with Gasteiger partial charge in [0.1, 0.15) is 29.0 Å². The number of benzene rings is 2. The van der Waals surface area contributed by atoms with E-state index in [9.17, 15) is 0 Å². The summed E-state index contributed by atoms with van der Waals surface area (Å²) in [7, 11) is 0. The van der Waals surface area contributed by atoms with Crippen LogP contribution in [0.3, 0.4) is 0 Å². The van der Waals surface area contributed by atoms with Crippen molar-refractivity contribution in [2.45, 2.75) is 109 Å². The fraction of sp³-hybridized carbons (Fsp3) is 0.600. The van der Waals surface area contributed by atoms with E-state index in [-0.39, 0.29) is 17.6 Å². The summed E-state index contributed by atoms with van der Waals surface area (Å²) < 4.78 is 19.1. The molecule has 0 aliphatic carbocycles. The van der Waals surface area contributed by atoms with Gasteiger partial charge < -0.3 is 14.2 Å². The van der Waals surface area contributed by atoms with E-state index in [1.165, 1.54) is 80.9 Å². The Hall–Kier alpha value is -2.16. The van der Waals surface area contributed by atoms with Crippen LogP contribution in [0.25, 0.3) is 0 Å². The molecule has 3 aliphatic heterocycles. The molecule has 3 aliphatic rings. The van der Waals surface area contributed by atoms with Crippen LogP contribution in [0.5, 0.6) is 17.2 Å². The van der Waals surface area contributed by atoms with Gasteiger partial charge >= 0.3 is 0 Å². The molecule has 33 heavy (non-hydrogen) atoms. The van der Waals surface area contributed by atoms with Gasteiger partial charge in [-0.15, -0.1) is 0 Å². The highest BCUT2D eigenvalue weighted by Gasteiger charge is 2.43. The lowest BCUT2D eigenvalue weighted by molar-refractivity contribution is 0.101. The molecule has 0 amide bonds. The van der Waals surface area contributed by atoms with Crippen molar-refractivity contribution in [1.82, 2.24) is 0 Å². The van der Waals surface area contributed by atoms with E-state index < -0.39 is 0 Å². The Bertz CT molecular complexity index is 952. The smallest absolute Gasteiger partial charge is 0.138 e. The van der Waals surface area contributed by atoms with Gasteiger partial charge in [0.05, 0.1) is 12.5 Å². The number of para-hydroxylation sites is 1. The highest BCUT2D eigenvalue weighted by Crippen LogP contribution is 2.53. The van der Waals surface area contributed by atoms with Gasteiger partial charge in [-0.05, 0) is 37.5 Å².